The molecule has 1 rings (SSSR count). The van der Waals surface area contributed by atoms with Crippen molar-refractivity contribution in [2.45, 2.75) is 6.18 Å². The van der Waals surface area contributed by atoms with Crippen LogP contribution < -0.4 is 5.32 Å². The number of hydrogen-bond donors (Lipinski definition) is 1. The van der Waals surface area contributed by atoms with Crippen molar-refractivity contribution in [3.63, 3.8) is 0 Å². The fraction of sp³-hybridized carbons (Fsp3) is 0.333. The van der Waals surface area contributed by atoms with E-state index >= 15 is 0 Å². The Morgan fingerprint density at radius 3 is 2.67 bits per heavy atom. The second-order valence-electron chi connectivity index (χ2n) is 2.86. The molecule has 0 spiro atoms. The fourth-order valence-electron chi connectivity index (χ4n) is 0.999. The van der Waals surface area contributed by atoms with E-state index in [1.807, 2.05) is 0 Å². The van der Waals surface area contributed by atoms with Gasteiger partial charge < -0.3 is 5.32 Å². The highest BCUT2D eigenvalue weighted by atomic mass is 19.4. The number of likely N-dealkylation sites (N-methyl/N-ethyl adjacent to an activating group) is 1. The van der Waals surface area contributed by atoms with E-state index < -0.39 is 17.7 Å². The molecule has 0 aliphatic rings. The summed E-state index contributed by atoms with van der Waals surface area (Å²) < 4.78 is 36.7. The van der Waals surface area contributed by atoms with Crippen molar-refractivity contribution in [1.29, 1.82) is 0 Å². The van der Waals surface area contributed by atoms with E-state index in [0.717, 1.165) is 6.07 Å². The Kier molecular flexibility index (Phi) is 3.41. The zero-order chi connectivity index (χ0) is 11.5. The molecule has 1 aromatic rings. The predicted molar refractivity (Wildman–Crippen MR) is 47.5 cm³/mol. The minimum atomic E-state index is -4.52. The van der Waals surface area contributed by atoms with Crippen LogP contribution in [-0.4, -0.2) is 24.4 Å². The molecule has 1 N–H and O–H groups in total. The first kappa shape index (κ1) is 11.6. The number of hydrogen-bond acceptors (Lipinski definition) is 3. The summed E-state index contributed by atoms with van der Waals surface area (Å²) >= 11 is 0. The molecule has 0 saturated carbocycles. The topological polar surface area (TPSA) is 42.0 Å². The van der Waals surface area contributed by atoms with E-state index in [4.69, 9.17) is 0 Å². The maximum absolute atomic E-state index is 12.2. The van der Waals surface area contributed by atoms with Crippen LogP contribution in [0.2, 0.25) is 0 Å². The monoisotopic (exact) mass is 218 g/mol. The molecule has 1 heterocycles. The van der Waals surface area contributed by atoms with Gasteiger partial charge in [0.15, 0.2) is 5.78 Å². The van der Waals surface area contributed by atoms with Crippen molar-refractivity contribution in [2.75, 3.05) is 13.6 Å². The van der Waals surface area contributed by atoms with Gasteiger partial charge in [-0.1, -0.05) is 6.07 Å². The van der Waals surface area contributed by atoms with Gasteiger partial charge in [-0.25, -0.2) is 4.98 Å². The molecule has 3 nitrogen and oxygen atoms in total. The lowest BCUT2D eigenvalue weighted by Gasteiger charge is -2.06. The highest BCUT2D eigenvalue weighted by Crippen LogP contribution is 2.27. The maximum atomic E-state index is 12.2. The van der Waals surface area contributed by atoms with Crippen molar-refractivity contribution in [1.82, 2.24) is 10.3 Å². The molecule has 15 heavy (non-hydrogen) atoms. The highest BCUT2D eigenvalue weighted by Gasteiger charge is 2.32. The van der Waals surface area contributed by atoms with E-state index in [9.17, 15) is 18.0 Å². The molecule has 0 atom stereocenters. The molecule has 0 radical (unpaired) electrons. The van der Waals surface area contributed by atoms with Crippen LogP contribution in [0.25, 0.3) is 0 Å². The maximum Gasteiger partial charge on any atom is 0.433 e. The van der Waals surface area contributed by atoms with Gasteiger partial charge in [-0.2, -0.15) is 13.2 Å². The van der Waals surface area contributed by atoms with Crippen molar-refractivity contribution < 1.29 is 18.0 Å². The minimum absolute atomic E-state index is 0.0334. The first-order valence-corrected chi connectivity index (χ1v) is 4.17. The molecular formula is C9H9F3N2O. The van der Waals surface area contributed by atoms with Gasteiger partial charge in [0.2, 0.25) is 0 Å². The van der Waals surface area contributed by atoms with Crippen LogP contribution in [0.5, 0.6) is 0 Å². The largest absolute Gasteiger partial charge is 0.433 e. The highest BCUT2D eigenvalue weighted by molar-refractivity contribution is 5.95. The van der Waals surface area contributed by atoms with Gasteiger partial charge in [-0.3, -0.25) is 4.79 Å². The van der Waals surface area contributed by atoms with Gasteiger partial charge in [-0.05, 0) is 19.2 Å². The number of nitrogens with one attached hydrogen (secondary N) is 1. The average Bonchev–Trinajstić information content (AvgIpc) is 2.17. The number of nitrogens with zero attached hydrogens (tertiary/aromatic N) is 1. The molecule has 0 unspecified atom stereocenters. The predicted octanol–water partition coefficient (Wildman–Crippen LogP) is 1.50. The summed E-state index contributed by atoms with van der Waals surface area (Å²) in [5, 5.41) is 2.55. The van der Waals surface area contributed by atoms with Crippen molar-refractivity contribution >= 4 is 5.78 Å². The van der Waals surface area contributed by atoms with Crippen LogP contribution in [0.15, 0.2) is 18.2 Å². The first-order valence-electron chi connectivity index (χ1n) is 4.17. The summed E-state index contributed by atoms with van der Waals surface area (Å²) in [6, 6.07) is 3.25. The molecule has 82 valence electrons. The Balaban J connectivity index is 2.98. The van der Waals surface area contributed by atoms with Crippen LogP contribution in [-0.2, 0) is 6.18 Å². The number of rotatable bonds is 3. The zero-order valence-corrected chi connectivity index (χ0v) is 7.93. The molecular weight excluding hydrogens is 209 g/mol. The molecule has 0 saturated heterocycles. The molecule has 0 amide bonds. The van der Waals surface area contributed by atoms with Gasteiger partial charge in [-0.15, -0.1) is 0 Å². The Morgan fingerprint density at radius 1 is 1.47 bits per heavy atom. The smallest absolute Gasteiger partial charge is 0.313 e. The number of aromatic nitrogens is 1. The van der Waals surface area contributed by atoms with Crippen LogP contribution >= 0.6 is 0 Å². The van der Waals surface area contributed by atoms with E-state index in [0.29, 0.717) is 0 Å². The molecule has 0 aliphatic carbocycles. The normalized spacial score (nSPS) is 11.5. The van der Waals surface area contributed by atoms with E-state index in [-0.39, 0.29) is 12.2 Å². The average molecular weight is 218 g/mol. The minimum Gasteiger partial charge on any atom is -0.313 e. The van der Waals surface area contributed by atoms with Gasteiger partial charge in [0.1, 0.15) is 11.4 Å². The second kappa shape index (κ2) is 4.39. The second-order valence-corrected chi connectivity index (χ2v) is 2.86. The zero-order valence-electron chi connectivity index (χ0n) is 7.93. The van der Waals surface area contributed by atoms with Crippen molar-refractivity contribution in [2.24, 2.45) is 0 Å². The quantitative estimate of drug-likeness (QED) is 0.782. The standard InChI is InChI=1S/C9H9F3N2O/c1-13-5-7(15)6-3-2-4-8(14-6)9(10,11)12/h2-4,13H,5H2,1H3. The summed E-state index contributed by atoms with van der Waals surface area (Å²) in [5.41, 5.74) is -1.23. The van der Waals surface area contributed by atoms with Crippen LogP contribution in [0.1, 0.15) is 16.2 Å². The Labute approximate surface area is 84.3 Å². The summed E-state index contributed by atoms with van der Waals surface area (Å²) in [6.45, 7) is -0.0334. The Bertz CT molecular complexity index is 363. The Hall–Kier alpha value is -1.43. The number of ketones is 1. The van der Waals surface area contributed by atoms with E-state index in [1.165, 1.54) is 19.2 Å². The van der Waals surface area contributed by atoms with Gasteiger partial charge >= 0.3 is 6.18 Å². The molecule has 0 bridgehead atoms. The summed E-state index contributed by atoms with van der Waals surface area (Å²) in [4.78, 5) is 14.5. The molecule has 0 fully saturated rings. The van der Waals surface area contributed by atoms with Crippen LogP contribution in [0, 0.1) is 0 Å². The third kappa shape index (κ3) is 3.02. The SMILES string of the molecule is CNCC(=O)c1cccc(C(F)(F)F)n1. The summed E-state index contributed by atoms with van der Waals surface area (Å²) in [6.07, 6.45) is -4.52. The van der Waals surface area contributed by atoms with E-state index in [2.05, 4.69) is 10.3 Å². The van der Waals surface area contributed by atoms with Crippen molar-refractivity contribution in [3.05, 3.63) is 29.6 Å². The number of pyridine rings is 1. The summed E-state index contributed by atoms with van der Waals surface area (Å²) in [7, 11) is 1.53. The number of carbonyl (C=O) groups excluding carboxylic acids is 1. The van der Waals surface area contributed by atoms with Gasteiger partial charge in [0.05, 0.1) is 6.54 Å². The molecule has 0 aromatic carbocycles. The molecule has 6 heteroatoms. The Morgan fingerprint density at radius 2 is 2.13 bits per heavy atom. The first-order chi connectivity index (χ1) is 6.95. The lowest BCUT2D eigenvalue weighted by molar-refractivity contribution is -0.141. The number of carbonyl (C=O) groups is 1. The van der Waals surface area contributed by atoms with Gasteiger partial charge in [0, 0.05) is 0 Å². The third-order valence-corrected chi connectivity index (χ3v) is 1.66. The van der Waals surface area contributed by atoms with Crippen molar-refractivity contribution in [3.8, 4) is 0 Å². The van der Waals surface area contributed by atoms with Crippen LogP contribution in [0.4, 0.5) is 13.2 Å². The van der Waals surface area contributed by atoms with E-state index in [1.54, 1.807) is 0 Å². The fourth-order valence-corrected chi connectivity index (χ4v) is 0.999. The number of alkyl halides is 3. The molecule has 0 aliphatic heterocycles. The summed E-state index contributed by atoms with van der Waals surface area (Å²) in [5.74, 6) is -0.469. The lowest BCUT2D eigenvalue weighted by atomic mass is 10.2. The van der Waals surface area contributed by atoms with Gasteiger partial charge in [0.25, 0.3) is 0 Å². The third-order valence-electron chi connectivity index (χ3n) is 1.66. The number of Topliss-reactive ketones (excluding diaryl/α,β-unsaturated/α-hetero) is 1. The lowest BCUT2D eigenvalue weighted by Crippen LogP contribution is -2.20. The van der Waals surface area contributed by atoms with Crippen LogP contribution in [0.3, 0.4) is 0 Å². The molecule has 1 aromatic heterocycles. The number of halogens is 3.